The molecule has 0 saturated carbocycles. The Bertz CT molecular complexity index is 518. The maximum Gasteiger partial charge on any atom is 0.0606 e. The van der Waals surface area contributed by atoms with Crippen molar-refractivity contribution in [2.75, 3.05) is 5.32 Å². The van der Waals surface area contributed by atoms with E-state index >= 15 is 0 Å². The van der Waals surface area contributed by atoms with Gasteiger partial charge in [0.15, 0.2) is 0 Å². The summed E-state index contributed by atoms with van der Waals surface area (Å²) in [4.78, 5) is 4.45. The summed E-state index contributed by atoms with van der Waals surface area (Å²) in [5, 5.41) is 3.43. The van der Waals surface area contributed by atoms with E-state index in [2.05, 4.69) is 47.6 Å². The van der Waals surface area contributed by atoms with E-state index in [1.165, 1.54) is 11.1 Å². The van der Waals surface area contributed by atoms with Gasteiger partial charge in [0, 0.05) is 12.2 Å². The predicted molar refractivity (Wildman–Crippen MR) is 72.2 cm³/mol. The summed E-state index contributed by atoms with van der Waals surface area (Å²) in [6.07, 6.45) is 0. The van der Waals surface area contributed by atoms with Crippen LogP contribution in [0.1, 0.15) is 22.5 Å². The lowest BCUT2D eigenvalue weighted by Crippen LogP contribution is -2.03. The number of hydrogen-bond acceptors (Lipinski definition) is 2. The van der Waals surface area contributed by atoms with Crippen molar-refractivity contribution in [1.29, 1.82) is 0 Å². The average molecular weight is 226 g/mol. The molecule has 88 valence electrons. The van der Waals surface area contributed by atoms with E-state index in [9.17, 15) is 0 Å². The minimum Gasteiger partial charge on any atom is -0.379 e. The second-order valence-corrected chi connectivity index (χ2v) is 4.37. The van der Waals surface area contributed by atoms with Crippen LogP contribution in [0.15, 0.2) is 36.4 Å². The first-order chi connectivity index (χ1) is 8.16. The van der Waals surface area contributed by atoms with E-state index in [1.807, 2.05) is 19.9 Å². The summed E-state index contributed by atoms with van der Waals surface area (Å²) in [6, 6.07) is 12.6. The molecule has 2 rings (SSSR count). The summed E-state index contributed by atoms with van der Waals surface area (Å²) < 4.78 is 0. The fourth-order valence-electron chi connectivity index (χ4n) is 1.87. The summed E-state index contributed by atoms with van der Waals surface area (Å²) in [5.41, 5.74) is 5.87. The molecule has 0 fully saturated rings. The molecule has 0 spiro atoms. The second kappa shape index (κ2) is 5.00. The minimum atomic E-state index is 0.845. The van der Waals surface area contributed by atoms with Gasteiger partial charge in [0.1, 0.15) is 0 Å². The van der Waals surface area contributed by atoms with Gasteiger partial charge in [0.05, 0.1) is 11.4 Å². The molecule has 0 bridgehead atoms. The highest BCUT2D eigenvalue weighted by atomic mass is 14.9. The molecule has 2 heteroatoms. The lowest BCUT2D eigenvalue weighted by atomic mass is 10.1. The van der Waals surface area contributed by atoms with Crippen molar-refractivity contribution in [2.24, 2.45) is 0 Å². The van der Waals surface area contributed by atoms with E-state index in [-0.39, 0.29) is 0 Å². The van der Waals surface area contributed by atoms with Crippen LogP contribution in [0.5, 0.6) is 0 Å². The van der Waals surface area contributed by atoms with Crippen molar-refractivity contribution in [3.8, 4) is 0 Å². The van der Waals surface area contributed by atoms with E-state index in [0.29, 0.717) is 0 Å². The zero-order valence-electron chi connectivity index (χ0n) is 10.6. The smallest absolute Gasteiger partial charge is 0.0606 e. The molecule has 2 aromatic rings. The summed E-state index contributed by atoms with van der Waals surface area (Å²) >= 11 is 0. The highest BCUT2D eigenvalue weighted by molar-refractivity contribution is 5.48. The quantitative estimate of drug-likeness (QED) is 0.864. The fraction of sp³-hybridized carbons (Fsp3) is 0.267. The monoisotopic (exact) mass is 226 g/mol. The number of nitrogens with one attached hydrogen (secondary N) is 1. The van der Waals surface area contributed by atoms with Gasteiger partial charge in [-0.25, -0.2) is 0 Å². The van der Waals surface area contributed by atoms with Crippen molar-refractivity contribution in [3.05, 3.63) is 58.9 Å². The number of rotatable bonds is 3. The molecule has 1 heterocycles. The van der Waals surface area contributed by atoms with Gasteiger partial charge in [0.2, 0.25) is 0 Å². The SMILES string of the molecule is Cc1ccc(NCc2ccccc2C)c(C)n1. The molecular formula is C15H18N2. The third-order valence-corrected chi connectivity index (χ3v) is 2.96. The number of pyridine rings is 1. The molecule has 2 nitrogen and oxygen atoms in total. The number of hydrogen-bond donors (Lipinski definition) is 1. The number of nitrogens with zero attached hydrogens (tertiary/aromatic N) is 1. The maximum absolute atomic E-state index is 4.45. The van der Waals surface area contributed by atoms with Gasteiger partial charge < -0.3 is 5.32 Å². The summed E-state index contributed by atoms with van der Waals surface area (Å²) in [5.74, 6) is 0. The van der Waals surface area contributed by atoms with Crippen LogP contribution in [0.3, 0.4) is 0 Å². The molecule has 0 aliphatic heterocycles. The van der Waals surface area contributed by atoms with Gasteiger partial charge in [-0.05, 0) is 44.0 Å². The Morgan fingerprint density at radius 1 is 1.00 bits per heavy atom. The highest BCUT2D eigenvalue weighted by Crippen LogP contribution is 2.15. The largest absolute Gasteiger partial charge is 0.379 e. The van der Waals surface area contributed by atoms with Crippen LogP contribution in [0.4, 0.5) is 5.69 Å². The molecule has 0 unspecified atom stereocenters. The van der Waals surface area contributed by atoms with Gasteiger partial charge in [-0.3, -0.25) is 4.98 Å². The van der Waals surface area contributed by atoms with Crippen LogP contribution < -0.4 is 5.32 Å². The highest BCUT2D eigenvalue weighted by Gasteiger charge is 2.01. The summed E-state index contributed by atoms with van der Waals surface area (Å²) in [6.45, 7) is 7.03. The number of benzene rings is 1. The Labute approximate surface area is 103 Å². The Kier molecular flexibility index (Phi) is 3.43. The molecule has 0 amide bonds. The zero-order valence-corrected chi connectivity index (χ0v) is 10.6. The Balaban J connectivity index is 2.10. The average Bonchev–Trinajstić information content (AvgIpc) is 2.30. The van der Waals surface area contributed by atoms with Crippen molar-refractivity contribution in [1.82, 2.24) is 4.98 Å². The molecule has 0 aliphatic carbocycles. The van der Waals surface area contributed by atoms with Crippen molar-refractivity contribution in [2.45, 2.75) is 27.3 Å². The van der Waals surface area contributed by atoms with Crippen molar-refractivity contribution in [3.63, 3.8) is 0 Å². The van der Waals surface area contributed by atoms with E-state index in [4.69, 9.17) is 0 Å². The van der Waals surface area contributed by atoms with Crippen molar-refractivity contribution < 1.29 is 0 Å². The van der Waals surface area contributed by atoms with E-state index < -0.39 is 0 Å². The Morgan fingerprint density at radius 2 is 1.76 bits per heavy atom. The van der Waals surface area contributed by atoms with Gasteiger partial charge in [-0.15, -0.1) is 0 Å². The molecule has 0 atom stereocenters. The van der Waals surface area contributed by atoms with Gasteiger partial charge in [-0.2, -0.15) is 0 Å². The fourth-order valence-corrected chi connectivity index (χ4v) is 1.87. The first-order valence-electron chi connectivity index (χ1n) is 5.89. The van der Waals surface area contributed by atoms with Crippen LogP contribution in [0, 0.1) is 20.8 Å². The molecule has 1 aromatic heterocycles. The molecule has 1 aromatic carbocycles. The molecule has 1 N–H and O–H groups in total. The predicted octanol–water partition coefficient (Wildman–Crippen LogP) is 3.62. The van der Waals surface area contributed by atoms with E-state index in [0.717, 1.165) is 23.6 Å². The third kappa shape index (κ3) is 2.84. The number of anilines is 1. The normalized spacial score (nSPS) is 10.3. The first-order valence-corrected chi connectivity index (χ1v) is 5.89. The zero-order chi connectivity index (χ0) is 12.3. The molecule has 0 saturated heterocycles. The van der Waals surface area contributed by atoms with Crippen LogP contribution in [-0.2, 0) is 6.54 Å². The molecule has 0 aliphatic rings. The number of aromatic nitrogens is 1. The lowest BCUT2D eigenvalue weighted by Gasteiger charge is -2.11. The minimum absolute atomic E-state index is 0.845. The molecular weight excluding hydrogens is 208 g/mol. The third-order valence-electron chi connectivity index (χ3n) is 2.96. The standard InChI is InChI=1S/C15H18N2/c1-11-6-4-5-7-14(11)10-16-15-9-8-12(2)17-13(15)3/h4-9,16H,10H2,1-3H3. The van der Waals surface area contributed by atoms with Crippen LogP contribution in [0.2, 0.25) is 0 Å². The Hall–Kier alpha value is -1.83. The molecule has 0 radical (unpaired) electrons. The number of aryl methyl sites for hydroxylation is 3. The topological polar surface area (TPSA) is 24.9 Å². The first kappa shape index (κ1) is 11.6. The summed E-state index contributed by atoms with van der Waals surface area (Å²) in [7, 11) is 0. The van der Waals surface area contributed by atoms with Gasteiger partial charge in [0.25, 0.3) is 0 Å². The second-order valence-electron chi connectivity index (χ2n) is 4.37. The van der Waals surface area contributed by atoms with Gasteiger partial charge >= 0.3 is 0 Å². The van der Waals surface area contributed by atoms with Crippen LogP contribution in [-0.4, -0.2) is 4.98 Å². The van der Waals surface area contributed by atoms with Crippen LogP contribution >= 0.6 is 0 Å². The van der Waals surface area contributed by atoms with Gasteiger partial charge in [-0.1, -0.05) is 24.3 Å². The van der Waals surface area contributed by atoms with Crippen molar-refractivity contribution >= 4 is 5.69 Å². The Morgan fingerprint density at radius 3 is 2.47 bits per heavy atom. The van der Waals surface area contributed by atoms with Crippen LogP contribution in [0.25, 0.3) is 0 Å². The maximum atomic E-state index is 4.45. The molecule has 17 heavy (non-hydrogen) atoms. The lowest BCUT2D eigenvalue weighted by molar-refractivity contribution is 1.07. The van der Waals surface area contributed by atoms with E-state index in [1.54, 1.807) is 0 Å².